The number of fused-ring (bicyclic) bond motifs is 1. The van der Waals surface area contributed by atoms with Crippen LogP contribution < -0.4 is 4.90 Å². The van der Waals surface area contributed by atoms with Crippen molar-refractivity contribution < 1.29 is 15.0 Å². The fourth-order valence-corrected chi connectivity index (χ4v) is 3.35. The van der Waals surface area contributed by atoms with E-state index in [4.69, 9.17) is 0 Å². The van der Waals surface area contributed by atoms with Crippen molar-refractivity contribution in [3.63, 3.8) is 0 Å². The average molecular weight is 352 g/mol. The van der Waals surface area contributed by atoms with Crippen molar-refractivity contribution in [3.8, 4) is 11.5 Å². The van der Waals surface area contributed by atoms with E-state index in [-0.39, 0.29) is 28.9 Å². The molecule has 0 unspecified atom stereocenters. The van der Waals surface area contributed by atoms with Gasteiger partial charge in [0.15, 0.2) is 0 Å². The number of carbonyl (C=O) groups is 1. The third-order valence-electron chi connectivity index (χ3n) is 4.73. The summed E-state index contributed by atoms with van der Waals surface area (Å²) in [5, 5.41) is 21.4. The van der Waals surface area contributed by atoms with E-state index in [0.717, 1.165) is 16.6 Å². The molecule has 1 aromatic heterocycles. The zero-order valence-electron chi connectivity index (χ0n) is 15.5. The number of aromatic hydroxyl groups is 2. The van der Waals surface area contributed by atoms with Gasteiger partial charge in [-0.25, -0.2) is 0 Å². The fraction of sp³-hybridized carbons (Fsp3) is 0.286. The van der Waals surface area contributed by atoms with Crippen molar-refractivity contribution in [2.75, 3.05) is 11.4 Å². The van der Waals surface area contributed by atoms with Crippen molar-refractivity contribution in [1.82, 2.24) is 4.57 Å². The van der Waals surface area contributed by atoms with Crippen molar-refractivity contribution in [2.45, 2.75) is 26.7 Å². The highest BCUT2D eigenvalue weighted by atomic mass is 16.3. The number of anilines is 1. The van der Waals surface area contributed by atoms with Gasteiger partial charge >= 0.3 is 0 Å². The van der Waals surface area contributed by atoms with E-state index < -0.39 is 0 Å². The smallest absolute Gasteiger partial charge is 0.262 e. The second-order valence-electron chi connectivity index (χ2n) is 6.77. The molecule has 0 aliphatic carbocycles. The molecule has 3 rings (SSSR count). The number of aromatic nitrogens is 1. The van der Waals surface area contributed by atoms with E-state index in [1.807, 2.05) is 62.8 Å². The van der Waals surface area contributed by atoms with E-state index in [9.17, 15) is 15.0 Å². The monoisotopic (exact) mass is 352 g/mol. The molecular formula is C21H24N2O3. The molecule has 0 saturated carbocycles. The summed E-state index contributed by atoms with van der Waals surface area (Å²) >= 11 is 0. The lowest BCUT2D eigenvalue weighted by Gasteiger charge is -2.24. The molecule has 0 fully saturated rings. The molecule has 3 aromatic rings. The first-order valence-electron chi connectivity index (χ1n) is 8.77. The van der Waals surface area contributed by atoms with Gasteiger partial charge in [-0.15, -0.1) is 0 Å². The number of amides is 1. The maximum atomic E-state index is 13.2. The standard InChI is InChI=1S/C21H24N2O3/c1-5-23(17-8-6-7-14-9-10-22(4)20(14)17)21(26)16-11-15(13(2)3)18(24)12-19(16)25/h6-13,24-25H,5H2,1-4H3. The lowest BCUT2D eigenvalue weighted by molar-refractivity contribution is 0.0986. The topological polar surface area (TPSA) is 65.7 Å². The van der Waals surface area contributed by atoms with E-state index >= 15 is 0 Å². The summed E-state index contributed by atoms with van der Waals surface area (Å²) in [6, 6.07) is 10.7. The first-order chi connectivity index (χ1) is 12.3. The third-order valence-corrected chi connectivity index (χ3v) is 4.73. The van der Waals surface area contributed by atoms with Crippen molar-refractivity contribution in [1.29, 1.82) is 0 Å². The molecule has 0 radical (unpaired) electrons. The van der Waals surface area contributed by atoms with Crippen LogP contribution in [0.2, 0.25) is 0 Å². The molecule has 0 bridgehead atoms. The van der Waals surface area contributed by atoms with Crippen LogP contribution in [0.25, 0.3) is 10.9 Å². The Hall–Kier alpha value is -2.95. The molecule has 0 saturated heterocycles. The predicted octanol–water partition coefficient (Wildman–Crippen LogP) is 4.38. The third kappa shape index (κ3) is 2.90. The lowest BCUT2D eigenvalue weighted by Crippen LogP contribution is -2.31. The average Bonchev–Trinajstić information content (AvgIpc) is 2.97. The van der Waals surface area contributed by atoms with E-state index in [1.165, 1.54) is 6.07 Å². The number of hydrogen-bond donors (Lipinski definition) is 2. The van der Waals surface area contributed by atoms with E-state index in [0.29, 0.717) is 12.1 Å². The molecule has 0 spiro atoms. The summed E-state index contributed by atoms with van der Waals surface area (Å²) in [5.41, 5.74) is 2.59. The lowest BCUT2D eigenvalue weighted by atomic mass is 9.98. The van der Waals surface area contributed by atoms with Crippen LogP contribution in [0.5, 0.6) is 11.5 Å². The minimum Gasteiger partial charge on any atom is -0.508 e. The van der Waals surface area contributed by atoms with Gasteiger partial charge < -0.3 is 19.7 Å². The van der Waals surface area contributed by atoms with Crippen LogP contribution >= 0.6 is 0 Å². The van der Waals surface area contributed by atoms with Gasteiger partial charge in [0.25, 0.3) is 5.91 Å². The summed E-state index contributed by atoms with van der Waals surface area (Å²) in [6.07, 6.45) is 1.96. The number of phenols is 2. The number of nitrogens with zero attached hydrogens (tertiary/aromatic N) is 2. The maximum absolute atomic E-state index is 13.2. The zero-order chi connectivity index (χ0) is 19.0. The second-order valence-corrected chi connectivity index (χ2v) is 6.77. The quantitative estimate of drug-likeness (QED) is 0.732. The number of phenolic OH excluding ortho intramolecular Hbond substituents is 2. The molecule has 5 heteroatoms. The summed E-state index contributed by atoms with van der Waals surface area (Å²) in [4.78, 5) is 14.9. The second kappa shape index (κ2) is 6.75. The summed E-state index contributed by atoms with van der Waals surface area (Å²) in [5.74, 6) is -0.467. The highest BCUT2D eigenvalue weighted by molar-refractivity contribution is 6.11. The van der Waals surface area contributed by atoms with Crippen LogP contribution in [0.4, 0.5) is 5.69 Å². The molecule has 1 heterocycles. The van der Waals surface area contributed by atoms with Crippen LogP contribution in [-0.4, -0.2) is 27.2 Å². The summed E-state index contributed by atoms with van der Waals surface area (Å²) in [7, 11) is 1.94. The van der Waals surface area contributed by atoms with Crippen LogP contribution in [0.15, 0.2) is 42.6 Å². The Balaban J connectivity index is 2.13. The van der Waals surface area contributed by atoms with Gasteiger partial charge in [0, 0.05) is 31.2 Å². The Morgan fingerprint density at radius 1 is 1.15 bits per heavy atom. The van der Waals surface area contributed by atoms with Crippen molar-refractivity contribution in [2.24, 2.45) is 7.05 Å². The Bertz CT molecular complexity index is 973. The number of carbonyl (C=O) groups excluding carboxylic acids is 1. The number of hydrogen-bond acceptors (Lipinski definition) is 3. The molecule has 2 aromatic carbocycles. The normalized spacial score (nSPS) is 11.3. The molecule has 2 N–H and O–H groups in total. The molecule has 5 nitrogen and oxygen atoms in total. The van der Waals surface area contributed by atoms with Crippen LogP contribution in [0.1, 0.15) is 42.6 Å². The van der Waals surface area contributed by atoms with Gasteiger partial charge in [0.2, 0.25) is 0 Å². The van der Waals surface area contributed by atoms with Gasteiger partial charge in [0.05, 0.1) is 16.8 Å². The number of benzene rings is 2. The Kier molecular flexibility index (Phi) is 4.64. The van der Waals surface area contributed by atoms with E-state index in [1.54, 1.807) is 11.0 Å². The molecule has 0 atom stereocenters. The molecular weight excluding hydrogens is 328 g/mol. The van der Waals surface area contributed by atoms with Crippen LogP contribution in [-0.2, 0) is 7.05 Å². The summed E-state index contributed by atoms with van der Waals surface area (Å²) in [6.45, 7) is 6.23. The Morgan fingerprint density at radius 3 is 2.54 bits per heavy atom. The van der Waals surface area contributed by atoms with Gasteiger partial charge in [-0.3, -0.25) is 4.79 Å². The molecule has 0 aliphatic rings. The Labute approximate surface area is 153 Å². The van der Waals surface area contributed by atoms with Crippen molar-refractivity contribution >= 4 is 22.5 Å². The SMILES string of the molecule is CCN(C(=O)c1cc(C(C)C)c(O)cc1O)c1cccc2ccn(C)c12. The molecule has 0 aliphatic heterocycles. The highest BCUT2D eigenvalue weighted by Gasteiger charge is 2.24. The first kappa shape index (κ1) is 17.9. The highest BCUT2D eigenvalue weighted by Crippen LogP contribution is 2.35. The van der Waals surface area contributed by atoms with Gasteiger partial charge in [-0.1, -0.05) is 26.0 Å². The van der Waals surface area contributed by atoms with E-state index in [2.05, 4.69) is 0 Å². The van der Waals surface area contributed by atoms with Gasteiger partial charge in [-0.05, 0) is 36.6 Å². The van der Waals surface area contributed by atoms with Crippen molar-refractivity contribution in [3.05, 3.63) is 53.7 Å². The molecule has 136 valence electrons. The Morgan fingerprint density at radius 2 is 1.88 bits per heavy atom. The van der Waals surface area contributed by atoms with Gasteiger partial charge in [0.1, 0.15) is 11.5 Å². The molecule has 1 amide bonds. The van der Waals surface area contributed by atoms with Crippen LogP contribution in [0, 0.1) is 0 Å². The first-order valence-corrected chi connectivity index (χ1v) is 8.77. The summed E-state index contributed by atoms with van der Waals surface area (Å²) < 4.78 is 1.98. The number of para-hydroxylation sites is 1. The predicted molar refractivity (Wildman–Crippen MR) is 104 cm³/mol. The number of rotatable bonds is 4. The molecule has 26 heavy (non-hydrogen) atoms. The van der Waals surface area contributed by atoms with Gasteiger partial charge in [-0.2, -0.15) is 0 Å². The maximum Gasteiger partial charge on any atom is 0.262 e. The zero-order valence-corrected chi connectivity index (χ0v) is 15.5. The minimum atomic E-state index is -0.291. The number of aryl methyl sites for hydroxylation is 1. The largest absolute Gasteiger partial charge is 0.508 e. The fourth-order valence-electron chi connectivity index (χ4n) is 3.35. The minimum absolute atomic E-state index is 0.00151. The van der Waals surface area contributed by atoms with Crippen LogP contribution in [0.3, 0.4) is 0 Å².